The molecule has 1 aliphatic rings. The number of carboxylic acid groups (broad SMARTS) is 1. The Morgan fingerprint density at radius 1 is 0.846 bits per heavy atom. The summed E-state index contributed by atoms with van der Waals surface area (Å²) in [7, 11) is 0. The fraction of sp³-hybridized carbons (Fsp3) is 0.531. The SMILES string of the molecule is CCCCC(CCCC)(CCCC)OC(=O)CC(NC(=O)OCC1c2ccccc2-c2ccccc21)C(=O)O. The van der Waals surface area contributed by atoms with Gasteiger partial charge >= 0.3 is 18.0 Å². The number of hydrogen-bond donors (Lipinski definition) is 2. The Morgan fingerprint density at radius 2 is 1.33 bits per heavy atom. The predicted octanol–water partition coefficient (Wildman–Crippen LogP) is 7.22. The number of carbonyl (C=O) groups is 3. The minimum absolute atomic E-state index is 0.0603. The highest BCUT2D eigenvalue weighted by Gasteiger charge is 2.35. The van der Waals surface area contributed by atoms with Crippen LogP contribution in [-0.2, 0) is 19.1 Å². The highest BCUT2D eigenvalue weighted by Crippen LogP contribution is 2.44. The van der Waals surface area contributed by atoms with Gasteiger partial charge in [-0.05, 0) is 60.8 Å². The smallest absolute Gasteiger partial charge is 0.407 e. The Hall–Kier alpha value is -3.35. The van der Waals surface area contributed by atoms with Gasteiger partial charge in [0, 0.05) is 5.92 Å². The van der Waals surface area contributed by atoms with Crippen molar-refractivity contribution < 1.29 is 29.0 Å². The number of aliphatic carboxylic acids is 1. The number of hydrogen-bond acceptors (Lipinski definition) is 5. The highest BCUT2D eigenvalue weighted by molar-refractivity contribution is 5.85. The summed E-state index contributed by atoms with van der Waals surface area (Å²) in [4.78, 5) is 37.7. The van der Waals surface area contributed by atoms with E-state index in [1.807, 2.05) is 48.5 Å². The quantitative estimate of drug-likeness (QED) is 0.219. The second-order valence-electron chi connectivity index (χ2n) is 10.5. The highest BCUT2D eigenvalue weighted by atomic mass is 16.6. The van der Waals surface area contributed by atoms with Crippen LogP contribution < -0.4 is 5.32 Å². The summed E-state index contributed by atoms with van der Waals surface area (Å²) in [6, 6.07) is 14.5. The van der Waals surface area contributed by atoms with Gasteiger partial charge in [-0.25, -0.2) is 9.59 Å². The zero-order valence-electron chi connectivity index (χ0n) is 23.5. The number of rotatable bonds is 16. The van der Waals surface area contributed by atoms with Crippen molar-refractivity contribution in [2.24, 2.45) is 0 Å². The average Bonchev–Trinajstić information content (AvgIpc) is 3.25. The molecule has 0 aliphatic heterocycles. The minimum Gasteiger partial charge on any atom is -0.480 e. The normalized spacial score (nSPS) is 13.3. The van der Waals surface area contributed by atoms with E-state index in [2.05, 4.69) is 26.1 Å². The van der Waals surface area contributed by atoms with Crippen molar-refractivity contribution in [3.05, 3.63) is 59.7 Å². The molecule has 39 heavy (non-hydrogen) atoms. The van der Waals surface area contributed by atoms with Gasteiger partial charge in [0.25, 0.3) is 0 Å². The number of esters is 1. The van der Waals surface area contributed by atoms with Gasteiger partial charge in [0.15, 0.2) is 0 Å². The second kappa shape index (κ2) is 14.7. The number of benzene rings is 2. The van der Waals surface area contributed by atoms with E-state index in [0.29, 0.717) is 0 Å². The topological polar surface area (TPSA) is 102 Å². The van der Waals surface area contributed by atoms with Crippen LogP contribution in [0, 0.1) is 0 Å². The van der Waals surface area contributed by atoms with Crippen LogP contribution in [0.15, 0.2) is 48.5 Å². The third-order valence-corrected chi connectivity index (χ3v) is 7.59. The third-order valence-electron chi connectivity index (χ3n) is 7.59. The molecule has 2 N–H and O–H groups in total. The van der Waals surface area contributed by atoms with E-state index >= 15 is 0 Å². The molecule has 0 bridgehead atoms. The molecule has 0 radical (unpaired) electrons. The zero-order chi connectivity index (χ0) is 28.3. The Kier molecular flexibility index (Phi) is 11.4. The van der Waals surface area contributed by atoms with Crippen LogP contribution in [0.2, 0.25) is 0 Å². The van der Waals surface area contributed by atoms with Gasteiger partial charge in [-0.2, -0.15) is 0 Å². The van der Waals surface area contributed by atoms with Crippen LogP contribution in [0.4, 0.5) is 4.79 Å². The van der Waals surface area contributed by atoms with E-state index in [1.165, 1.54) is 0 Å². The molecule has 0 saturated heterocycles. The number of carboxylic acids is 1. The van der Waals surface area contributed by atoms with Gasteiger partial charge in [0.1, 0.15) is 18.2 Å². The zero-order valence-corrected chi connectivity index (χ0v) is 23.5. The van der Waals surface area contributed by atoms with Crippen molar-refractivity contribution in [3.8, 4) is 11.1 Å². The predicted molar refractivity (Wildman–Crippen MR) is 152 cm³/mol. The van der Waals surface area contributed by atoms with Gasteiger partial charge in [-0.3, -0.25) is 4.79 Å². The average molecular weight is 538 g/mol. The first kappa shape index (κ1) is 30.2. The van der Waals surface area contributed by atoms with Crippen molar-refractivity contribution >= 4 is 18.0 Å². The van der Waals surface area contributed by atoms with Crippen molar-refractivity contribution in [1.82, 2.24) is 5.32 Å². The van der Waals surface area contributed by atoms with Gasteiger partial charge in [0.2, 0.25) is 0 Å². The van der Waals surface area contributed by atoms with Crippen LogP contribution in [0.5, 0.6) is 0 Å². The molecule has 1 amide bonds. The molecule has 2 aromatic rings. The van der Waals surface area contributed by atoms with Crippen LogP contribution >= 0.6 is 0 Å². The number of ether oxygens (including phenoxy) is 2. The number of unbranched alkanes of at least 4 members (excludes halogenated alkanes) is 3. The molecule has 0 saturated carbocycles. The lowest BCUT2D eigenvalue weighted by Crippen LogP contribution is -2.44. The summed E-state index contributed by atoms with van der Waals surface area (Å²) in [5, 5.41) is 12.1. The molecule has 7 heteroatoms. The first-order valence-corrected chi connectivity index (χ1v) is 14.4. The van der Waals surface area contributed by atoms with Gasteiger partial charge in [-0.1, -0.05) is 88.6 Å². The van der Waals surface area contributed by atoms with E-state index in [-0.39, 0.29) is 12.5 Å². The number of nitrogens with one attached hydrogen (secondary N) is 1. The Balaban J connectivity index is 1.63. The molecule has 0 spiro atoms. The summed E-state index contributed by atoms with van der Waals surface area (Å²) in [6.45, 7) is 6.37. The first-order valence-electron chi connectivity index (χ1n) is 14.4. The summed E-state index contributed by atoms with van der Waals surface area (Å²) >= 11 is 0. The molecule has 212 valence electrons. The largest absolute Gasteiger partial charge is 0.480 e. The summed E-state index contributed by atoms with van der Waals surface area (Å²) < 4.78 is 11.5. The van der Waals surface area contributed by atoms with Crippen LogP contribution in [0.3, 0.4) is 0 Å². The summed E-state index contributed by atoms with van der Waals surface area (Å²) in [6.07, 6.45) is 6.70. The molecule has 0 heterocycles. The van der Waals surface area contributed by atoms with Crippen molar-refractivity contribution in [1.29, 1.82) is 0 Å². The molecule has 1 aliphatic carbocycles. The van der Waals surface area contributed by atoms with E-state index in [4.69, 9.17) is 9.47 Å². The molecule has 3 rings (SSSR count). The monoisotopic (exact) mass is 537 g/mol. The maximum absolute atomic E-state index is 13.0. The standard InChI is InChI=1S/C32H43NO6/c1-4-7-18-32(19-8-5-2,20-9-6-3)39-29(34)21-28(30(35)36)33-31(37)38-22-27-25-16-12-10-14-23(25)24-15-11-13-17-26(24)27/h10-17,27-28H,4-9,18-22H2,1-3H3,(H,33,37)(H,35,36). The number of amides is 1. The van der Waals surface area contributed by atoms with Gasteiger partial charge in [-0.15, -0.1) is 0 Å². The van der Waals surface area contributed by atoms with Crippen LogP contribution in [0.25, 0.3) is 11.1 Å². The van der Waals surface area contributed by atoms with Crippen molar-refractivity contribution in [2.75, 3.05) is 6.61 Å². The van der Waals surface area contributed by atoms with E-state index in [1.54, 1.807) is 0 Å². The van der Waals surface area contributed by atoms with Gasteiger partial charge in [0.05, 0.1) is 6.42 Å². The molecular weight excluding hydrogens is 494 g/mol. The van der Waals surface area contributed by atoms with Crippen molar-refractivity contribution in [3.63, 3.8) is 0 Å². The molecular formula is C32H43NO6. The Bertz CT molecular complexity index is 1050. The van der Waals surface area contributed by atoms with E-state index in [0.717, 1.165) is 80.0 Å². The number of alkyl carbamates (subject to hydrolysis) is 1. The molecule has 1 unspecified atom stereocenters. The second-order valence-corrected chi connectivity index (χ2v) is 10.5. The molecule has 0 fully saturated rings. The van der Waals surface area contributed by atoms with Crippen LogP contribution in [0.1, 0.15) is 102 Å². The summed E-state index contributed by atoms with van der Waals surface area (Å²) in [5.74, 6) is -2.06. The lowest BCUT2D eigenvalue weighted by Gasteiger charge is -2.34. The van der Waals surface area contributed by atoms with Crippen LogP contribution in [-0.4, -0.2) is 41.4 Å². The molecule has 7 nitrogen and oxygen atoms in total. The fourth-order valence-electron chi connectivity index (χ4n) is 5.46. The Labute approximate surface area is 232 Å². The number of fused-ring (bicyclic) bond motifs is 3. The van der Waals surface area contributed by atoms with Crippen molar-refractivity contribution in [2.45, 2.75) is 103 Å². The number of carbonyl (C=O) groups excluding carboxylic acids is 2. The minimum atomic E-state index is -1.44. The third kappa shape index (κ3) is 8.07. The lowest BCUT2D eigenvalue weighted by atomic mass is 9.85. The van der Waals surface area contributed by atoms with E-state index in [9.17, 15) is 19.5 Å². The Morgan fingerprint density at radius 3 is 1.79 bits per heavy atom. The molecule has 2 aromatic carbocycles. The lowest BCUT2D eigenvalue weighted by molar-refractivity contribution is -0.165. The first-order chi connectivity index (χ1) is 18.8. The molecule has 1 atom stereocenters. The maximum atomic E-state index is 13.0. The maximum Gasteiger partial charge on any atom is 0.407 e. The van der Waals surface area contributed by atoms with E-state index < -0.39 is 36.1 Å². The van der Waals surface area contributed by atoms with Gasteiger partial charge < -0.3 is 19.9 Å². The fourth-order valence-corrected chi connectivity index (χ4v) is 5.46. The summed E-state index contributed by atoms with van der Waals surface area (Å²) in [5.41, 5.74) is 3.74. The molecule has 0 aromatic heterocycles.